The van der Waals surface area contributed by atoms with Gasteiger partial charge in [-0.15, -0.1) is 29.8 Å². The van der Waals surface area contributed by atoms with Crippen molar-refractivity contribution in [2.24, 2.45) is 0 Å². The second-order valence-electron chi connectivity index (χ2n) is 12.3. The number of nitrogens with zero attached hydrogens (tertiary/aromatic N) is 3. The molecule has 238 valence electrons. The van der Waals surface area contributed by atoms with E-state index in [1.54, 1.807) is 0 Å². The monoisotopic (exact) mass is 802 g/mol. The number of pyridine rings is 1. The summed E-state index contributed by atoms with van der Waals surface area (Å²) in [7, 11) is 0. The normalized spacial score (nSPS) is 12.7. The van der Waals surface area contributed by atoms with Gasteiger partial charge in [-0.05, 0) is 70.1 Å². The molecule has 0 unspecified atom stereocenters. The first kappa shape index (κ1) is 31.5. The number of fused-ring (bicyclic) bond motifs is 3. The van der Waals surface area contributed by atoms with E-state index < -0.39 is 5.41 Å². The van der Waals surface area contributed by atoms with Crippen LogP contribution in [-0.4, -0.2) is 9.55 Å². The van der Waals surface area contributed by atoms with Gasteiger partial charge in [0.2, 0.25) is 0 Å². The summed E-state index contributed by atoms with van der Waals surface area (Å²) in [5.74, 6) is 1.70. The molecule has 0 radical (unpaired) electrons. The van der Waals surface area contributed by atoms with Gasteiger partial charge >= 0.3 is 0 Å². The zero-order valence-electron chi connectivity index (χ0n) is 26.9. The van der Waals surface area contributed by atoms with Crippen LogP contribution < -0.4 is 9.30 Å². The summed E-state index contributed by atoms with van der Waals surface area (Å²) in [4.78, 5) is 4.93. The molecule has 2 heterocycles. The summed E-state index contributed by atoms with van der Waals surface area (Å²) in [6.07, 6.45) is 9.32. The molecule has 8 rings (SSSR count). The van der Waals surface area contributed by atoms with Crippen molar-refractivity contribution in [1.82, 2.24) is 9.55 Å². The third-order valence-corrected chi connectivity index (χ3v) is 9.13. The van der Waals surface area contributed by atoms with E-state index in [0.29, 0.717) is 17.4 Å². The Kier molecular flexibility index (Phi) is 8.45. The van der Waals surface area contributed by atoms with Gasteiger partial charge in [0.25, 0.3) is 6.33 Å². The summed E-state index contributed by atoms with van der Waals surface area (Å²) in [6.45, 7) is 6.58. The molecule has 7 aromatic rings. The van der Waals surface area contributed by atoms with Crippen molar-refractivity contribution < 1.29 is 30.4 Å². The third kappa shape index (κ3) is 5.31. The molecule has 0 amide bonds. The zero-order valence-corrected chi connectivity index (χ0v) is 29.2. The van der Waals surface area contributed by atoms with Gasteiger partial charge in [-0.1, -0.05) is 80.6 Å². The Morgan fingerprint density at radius 3 is 2.12 bits per heavy atom. The van der Waals surface area contributed by atoms with Crippen molar-refractivity contribution in [2.75, 3.05) is 0 Å². The number of aryl methyl sites for hydroxylation is 1. The molecule has 1 aliphatic rings. The molecular formula is C43H33N3OPt-2. The largest absolute Gasteiger partial charge is 0.510 e. The van der Waals surface area contributed by atoms with E-state index in [2.05, 4.69) is 124 Å². The van der Waals surface area contributed by atoms with Crippen molar-refractivity contribution in [3.8, 4) is 34.0 Å². The number of ether oxygens (including phenoxy) is 1. The molecule has 2 aromatic heterocycles. The van der Waals surface area contributed by atoms with Crippen molar-refractivity contribution >= 4 is 0 Å². The van der Waals surface area contributed by atoms with Gasteiger partial charge < -0.3 is 9.30 Å². The van der Waals surface area contributed by atoms with Gasteiger partial charge in [-0.2, -0.15) is 24.3 Å². The molecule has 0 saturated carbocycles. The van der Waals surface area contributed by atoms with E-state index in [0.717, 1.165) is 22.6 Å². The number of hydrogen-bond donors (Lipinski definition) is 0. The van der Waals surface area contributed by atoms with Crippen LogP contribution in [0, 0.1) is 25.4 Å². The predicted octanol–water partition coefficient (Wildman–Crippen LogP) is 9.13. The van der Waals surface area contributed by atoms with Gasteiger partial charge in [0, 0.05) is 51.2 Å². The van der Waals surface area contributed by atoms with Gasteiger partial charge in [-0.25, -0.2) is 0 Å². The molecule has 0 fully saturated rings. The third-order valence-electron chi connectivity index (χ3n) is 9.13. The van der Waals surface area contributed by atoms with Crippen LogP contribution >= 0.6 is 0 Å². The van der Waals surface area contributed by atoms with Crippen LogP contribution in [-0.2, 0) is 26.5 Å². The first-order chi connectivity index (χ1) is 23.0. The van der Waals surface area contributed by atoms with Crippen molar-refractivity contribution in [2.45, 2.75) is 32.1 Å². The Hall–Kier alpha value is -5.05. The number of hydrogen-bond acceptors (Lipinski definition) is 2. The van der Waals surface area contributed by atoms with Crippen molar-refractivity contribution in [1.29, 1.82) is 0 Å². The maximum atomic E-state index is 6.48. The van der Waals surface area contributed by atoms with Crippen molar-refractivity contribution in [3.63, 3.8) is 0 Å². The number of rotatable bonds is 7. The maximum absolute atomic E-state index is 6.48. The van der Waals surface area contributed by atoms with Gasteiger partial charge in [0.1, 0.15) is 0 Å². The fraction of sp³-hybridized carbons (Fsp3) is 0.116. The van der Waals surface area contributed by atoms with E-state index in [1.165, 1.54) is 33.4 Å². The Balaban J connectivity index is 0.00000364. The number of imidazole rings is 1. The second kappa shape index (κ2) is 12.9. The van der Waals surface area contributed by atoms with E-state index in [1.807, 2.05) is 64.1 Å². The fourth-order valence-corrected chi connectivity index (χ4v) is 6.90. The first-order valence-electron chi connectivity index (χ1n) is 16.0. The molecule has 0 saturated heterocycles. The second-order valence-corrected chi connectivity index (χ2v) is 12.3. The predicted molar refractivity (Wildman–Crippen MR) is 184 cm³/mol. The molecule has 0 atom stereocenters. The van der Waals surface area contributed by atoms with Crippen LogP contribution in [0.3, 0.4) is 0 Å². The Morgan fingerprint density at radius 2 is 1.44 bits per heavy atom. The van der Waals surface area contributed by atoms with Crippen molar-refractivity contribution in [3.05, 3.63) is 192 Å². The average molecular weight is 803 g/mol. The Bertz CT molecular complexity index is 2190. The van der Waals surface area contributed by atoms with Gasteiger partial charge in [-0.3, -0.25) is 9.55 Å². The van der Waals surface area contributed by atoms with Crippen LogP contribution in [0.5, 0.6) is 11.5 Å². The zero-order chi connectivity index (χ0) is 32.0. The van der Waals surface area contributed by atoms with Crippen LogP contribution in [0.4, 0.5) is 0 Å². The van der Waals surface area contributed by atoms with Crippen LogP contribution in [0.25, 0.3) is 22.5 Å². The van der Waals surface area contributed by atoms with Crippen LogP contribution in [0.15, 0.2) is 140 Å². The Morgan fingerprint density at radius 1 is 0.750 bits per heavy atom. The van der Waals surface area contributed by atoms with Gasteiger partial charge in [0.05, 0.1) is 16.8 Å². The SMILES string of the molecule is Cc1cc(C(C)C)ccc1-[n+]1[c-]n(-c2[c-]c(Oc3[c-]c(C4(c5ccccn5)c5ccccc5-c5ccccc54)ccc3)ccc2)cc1.[Pt]. The smallest absolute Gasteiger partial charge is 0.267 e. The molecule has 0 N–H and O–H groups in total. The summed E-state index contributed by atoms with van der Waals surface area (Å²) in [5.41, 5.74) is 10.5. The van der Waals surface area contributed by atoms with E-state index >= 15 is 0 Å². The van der Waals surface area contributed by atoms with Crippen LogP contribution in [0.2, 0.25) is 0 Å². The minimum absolute atomic E-state index is 0. The maximum Gasteiger partial charge on any atom is 0.267 e. The quantitative estimate of drug-likeness (QED) is 0.119. The van der Waals surface area contributed by atoms with E-state index in [4.69, 9.17) is 9.72 Å². The number of benzene rings is 5. The van der Waals surface area contributed by atoms with Gasteiger partial charge in [0.15, 0.2) is 0 Å². The molecule has 48 heavy (non-hydrogen) atoms. The molecule has 0 spiro atoms. The molecule has 0 bridgehead atoms. The van der Waals surface area contributed by atoms with E-state index in [9.17, 15) is 0 Å². The number of aromatic nitrogens is 3. The molecule has 5 heteroatoms. The van der Waals surface area contributed by atoms with Crippen LogP contribution in [0.1, 0.15) is 53.3 Å². The average Bonchev–Trinajstić information content (AvgIpc) is 3.71. The molecule has 5 aromatic carbocycles. The molecular weight excluding hydrogens is 770 g/mol. The topological polar surface area (TPSA) is 30.9 Å². The molecule has 1 aliphatic carbocycles. The standard InChI is InChI=1S/C43H33N3O.Pt/c1-30(2)32-21-22-41(31(3)26-32)46-25-24-45(29-46)34-13-11-15-36(28-34)47-35-14-10-12-33(27-35)43(42-20-8-9-23-44-42)39-18-6-4-16-37(39)38-17-5-7-19-40(38)43;/h4-26,30H,1-3H3;/q-2;. The minimum Gasteiger partial charge on any atom is -0.510 e. The minimum atomic E-state index is -0.640. The summed E-state index contributed by atoms with van der Waals surface area (Å²) < 4.78 is 10.4. The first-order valence-corrected chi connectivity index (χ1v) is 16.0. The summed E-state index contributed by atoms with van der Waals surface area (Å²) >= 11 is 0. The van der Waals surface area contributed by atoms with E-state index in [-0.39, 0.29) is 21.1 Å². The molecule has 4 nitrogen and oxygen atoms in total. The Labute approximate surface area is 296 Å². The fourth-order valence-electron chi connectivity index (χ4n) is 6.90. The summed E-state index contributed by atoms with van der Waals surface area (Å²) in [5, 5.41) is 0. The summed E-state index contributed by atoms with van der Waals surface area (Å²) in [6, 6.07) is 49.1. The molecule has 0 aliphatic heterocycles.